The second kappa shape index (κ2) is 13.4. The highest BCUT2D eigenvalue weighted by atomic mass is 32.2. The third-order valence-corrected chi connectivity index (χ3v) is 8.29. The lowest BCUT2D eigenvalue weighted by molar-refractivity contribution is -0.124. The average Bonchev–Trinajstić information content (AvgIpc) is 3.36. The number of nitrogens with zero attached hydrogens (tertiary/aromatic N) is 1. The molecule has 2 atom stereocenters. The molecule has 0 spiro atoms. The number of carbonyl (C=O) groups excluding carboxylic acids is 2. The van der Waals surface area contributed by atoms with Gasteiger partial charge < -0.3 is 15.2 Å². The van der Waals surface area contributed by atoms with Crippen molar-refractivity contribution in [2.75, 3.05) is 18.8 Å². The number of nitriles is 1. The minimum atomic E-state index is -2.26. The highest BCUT2D eigenvalue weighted by Gasteiger charge is 2.30. The number of hydrogen-bond acceptors (Lipinski definition) is 6. The van der Waals surface area contributed by atoms with Crippen LogP contribution in [0.1, 0.15) is 36.1 Å². The van der Waals surface area contributed by atoms with Gasteiger partial charge >= 0.3 is 0 Å². The van der Waals surface area contributed by atoms with Gasteiger partial charge in [-0.3, -0.25) is 9.59 Å². The first kappa shape index (κ1) is 26.2. The van der Waals surface area contributed by atoms with Gasteiger partial charge in [-0.1, -0.05) is 24.6 Å². The second-order valence-electron chi connectivity index (χ2n) is 7.77. The summed E-state index contributed by atoms with van der Waals surface area (Å²) in [4.78, 5) is 27.0. The van der Waals surface area contributed by atoms with Crippen LogP contribution in [0.3, 0.4) is 0 Å². The van der Waals surface area contributed by atoms with Crippen LogP contribution in [0.25, 0.3) is 4.91 Å². The number of thioether (sulfide) groups is 1. The van der Waals surface area contributed by atoms with E-state index in [4.69, 9.17) is 5.26 Å². The Balaban J connectivity index is 1.64. The standard InChI is InChI=1S/C24H27N3O4S3/c25-12-14-27-24(29)21-6-2-1-5-20(21)23(34(30)31)17-7-9-19(10-8-17)33-16-22(28)26-13-11-18-4-3-15-32-18/h3-4,7-10,15,21H,1-2,5-6,11,13-14,16H2,(H,26,28)(H,27,29)(H,30,31). The summed E-state index contributed by atoms with van der Waals surface area (Å²) in [5.74, 6) is -0.555. The van der Waals surface area contributed by atoms with Crippen LogP contribution in [0.15, 0.2) is 52.2 Å². The molecule has 0 saturated heterocycles. The van der Waals surface area contributed by atoms with Crippen LogP contribution in [0.4, 0.5) is 0 Å². The van der Waals surface area contributed by atoms with E-state index in [2.05, 4.69) is 10.6 Å². The lowest BCUT2D eigenvalue weighted by atomic mass is 9.82. The molecule has 1 aliphatic carbocycles. The summed E-state index contributed by atoms with van der Waals surface area (Å²) >= 11 is 0.803. The molecule has 1 aliphatic rings. The smallest absolute Gasteiger partial charge is 0.230 e. The number of hydrogen-bond donors (Lipinski definition) is 3. The monoisotopic (exact) mass is 517 g/mol. The number of rotatable bonds is 10. The molecule has 10 heteroatoms. The van der Waals surface area contributed by atoms with Crippen LogP contribution in [0, 0.1) is 17.2 Å². The quantitative estimate of drug-likeness (QED) is 0.249. The first-order valence-corrected chi connectivity index (χ1v) is 14.0. The van der Waals surface area contributed by atoms with Crippen molar-refractivity contribution in [3.05, 3.63) is 57.8 Å². The number of nitrogens with one attached hydrogen (secondary N) is 2. The molecule has 1 heterocycles. The van der Waals surface area contributed by atoms with Crippen LogP contribution >= 0.6 is 23.1 Å². The summed E-state index contributed by atoms with van der Waals surface area (Å²) in [6.45, 7) is 0.509. The molecule has 1 saturated carbocycles. The normalized spacial score (nSPS) is 17.9. The molecule has 0 bridgehead atoms. The van der Waals surface area contributed by atoms with E-state index >= 15 is 0 Å². The summed E-state index contributed by atoms with van der Waals surface area (Å²) < 4.78 is 22.3. The van der Waals surface area contributed by atoms with Gasteiger partial charge in [0.05, 0.1) is 22.6 Å². The first-order chi connectivity index (χ1) is 16.5. The molecule has 2 aromatic rings. The highest BCUT2D eigenvalue weighted by molar-refractivity contribution is 8.00. The zero-order valence-corrected chi connectivity index (χ0v) is 21.1. The zero-order valence-electron chi connectivity index (χ0n) is 18.6. The predicted octanol–water partition coefficient (Wildman–Crippen LogP) is 3.96. The Morgan fingerprint density at radius 3 is 2.68 bits per heavy atom. The van der Waals surface area contributed by atoms with Crippen molar-refractivity contribution in [1.29, 1.82) is 5.26 Å². The predicted molar refractivity (Wildman–Crippen MR) is 136 cm³/mol. The van der Waals surface area contributed by atoms with E-state index in [1.165, 1.54) is 16.6 Å². The van der Waals surface area contributed by atoms with E-state index < -0.39 is 17.0 Å². The topological polar surface area (TPSA) is 119 Å². The van der Waals surface area contributed by atoms with Gasteiger partial charge in [0.2, 0.25) is 11.8 Å². The Morgan fingerprint density at radius 1 is 1.21 bits per heavy atom. The average molecular weight is 518 g/mol. The molecule has 0 radical (unpaired) electrons. The molecular weight excluding hydrogens is 490 g/mol. The zero-order chi connectivity index (χ0) is 24.3. The fourth-order valence-corrected chi connectivity index (χ4v) is 6.15. The van der Waals surface area contributed by atoms with Gasteiger partial charge in [0.25, 0.3) is 0 Å². The van der Waals surface area contributed by atoms with Gasteiger partial charge in [0.1, 0.15) is 6.54 Å². The van der Waals surface area contributed by atoms with Gasteiger partial charge in [-0.2, -0.15) is 5.26 Å². The molecule has 1 aromatic heterocycles. The Kier molecular flexibility index (Phi) is 10.3. The molecule has 2 unspecified atom stereocenters. The van der Waals surface area contributed by atoms with Crippen molar-refractivity contribution in [2.24, 2.45) is 5.92 Å². The second-order valence-corrected chi connectivity index (χ2v) is 10.8. The molecule has 7 nitrogen and oxygen atoms in total. The van der Waals surface area contributed by atoms with Gasteiger partial charge in [0.15, 0.2) is 11.1 Å². The van der Waals surface area contributed by atoms with Crippen molar-refractivity contribution in [1.82, 2.24) is 10.6 Å². The fourth-order valence-electron chi connectivity index (χ4n) is 3.90. The van der Waals surface area contributed by atoms with Crippen molar-refractivity contribution >= 4 is 50.9 Å². The van der Waals surface area contributed by atoms with E-state index in [1.54, 1.807) is 23.5 Å². The van der Waals surface area contributed by atoms with Crippen LogP contribution in [-0.4, -0.2) is 39.4 Å². The molecule has 1 fully saturated rings. The van der Waals surface area contributed by atoms with Crippen molar-refractivity contribution in [3.63, 3.8) is 0 Å². The Bertz CT molecular complexity index is 1080. The molecule has 1 aromatic carbocycles. The maximum absolute atomic E-state index is 12.6. The summed E-state index contributed by atoms with van der Waals surface area (Å²) in [5.41, 5.74) is 1.24. The Morgan fingerprint density at radius 2 is 2.00 bits per heavy atom. The fraction of sp³-hybridized carbons (Fsp3) is 0.375. The van der Waals surface area contributed by atoms with Gasteiger partial charge in [-0.25, -0.2) is 4.21 Å². The summed E-state index contributed by atoms with van der Waals surface area (Å²) in [6.07, 6.45) is 3.66. The summed E-state index contributed by atoms with van der Waals surface area (Å²) in [7, 11) is 0. The largest absolute Gasteiger partial charge is 0.355 e. The van der Waals surface area contributed by atoms with Gasteiger partial charge in [0, 0.05) is 16.3 Å². The Hall–Kier alpha value is -2.45. The SMILES string of the molecule is N#CCNC(=O)C1CCCCC1=C(c1ccc(SCC(=O)NCCc2cccs2)cc1)S(=O)O. The van der Waals surface area contributed by atoms with Crippen LogP contribution in [0.5, 0.6) is 0 Å². The number of thiophene rings is 1. The third kappa shape index (κ3) is 7.53. The number of benzene rings is 1. The van der Waals surface area contributed by atoms with Crippen molar-refractivity contribution < 1.29 is 18.4 Å². The molecule has 34 heavy (non-hydrogen) atoms. The number of amides is 2. The van der Waals surface area contributed by atoms with E-state index in [1.807, 2.05) is 35.7 Å². The molecule has 2 amide bonds. The first-order valence-electron chi connectivity index (χ1n) is 11.0. The maximum Gasteiger partial charge on any atom is 0.230 e. The maximum atomic E-state index is 12.6. The molecule has 3 rings (SSSR count). The van der Waals surface area contributed by atoms with E-state index in [0.29, 0.717) is 30.5 Å². The third-order valence-electron chi connectivity index (χ3n) is 5.49. The molecule has 3 N–H and O–H groups in total. The number of carbonyl (C=O) groups is 2. The van der Waals surface area contributed by atoms with Crippen LogP contribution in [0.2, 0.25) is 0 Å². The lowest BCUT2D eigenvalue weighted by Gasteiger charge is -2.26. The van der Waals surface area contributed by atoms with Crippen molar-refractivity contribution in [2.45, 2.75) is 37.0 Å². The van der Waals surface area contributed by atoms with Crippen LogP contribution in [-0.2, 0) is 27.1 Å². The van der Waals surface area contributed by atoms with Crippen LogP contribution < -0.4 is 10.6 Å². The lowest BCUT2D eigenvalue weighted by Crippen LogP contribution is -2.34. The summed E-state index contributed by atoms with van der Waals surface area (Å²) in [6, 6.07) is 13.1. The molecular formula is C24H27N3O4S3. The van der Waals surface area contributed by atoms with E-state index in [9.17, 15) is 18.4 Å². The van der Waals surface area contributed by atoms with Gasteiger partial charge in [-0.05, 0) is 60.4 Å². The van der Waals surface area contributed by atoms with Gasteiger partial charge in [-0.15, -0.1) is 23.1 Å². The van der Waals surface area contributed by atoms with Crippen molar-refractivity contribution in [3.8, 4) is 6.07 Å². The van der Waals surface area contributed by atoms with E-state index in [0.717, 1.165) is 24.2 Å². The van der Waals surface area contributed by atoms with E-state index in [-0.39, 0.29) is 29.0 Å². The highest BCUT2D eigenvalue weighted by Crippen LogP contribution is 2.37. The molecule has 180 valence electrons. The minimum absolute atomic E-state index is 0.0432. The minimum Gasteiger partial charge on any atom is -0.355 e. The Labute approximate surface area is 210 Å². The summed E-state index contributed by atoms with van der Waals surface area (Å²) in [5, 5.41) is 16.3. The molecule has 0 aliphatic heterocycles.